The van der Waals surface area contributed by atoms with Crippen LogP contribution in [-0.4, -0.2) is 15.5 Å². The molecule has 2 aromatic carbocycles. The van der Waals surface area contributed by atoms with Gasteiger partial charge in [-0.05, 0) is 48.4 Å². The molecule has 0 aromatic heterocycles. The van der Waals surface area contributed by atoms with E-state index in [1.165, 1.54) is 0 Å². The van der Waals surface area contributed by atoms with E-state index in [0.29, 0.717) is 16.8 Å². The Hall–Kier alpha value is -1.53. The van der Waals surface area contributed by atoms with Gasteiger partial charge in [-0.1, -0.05) is 28.1 Å². The van der Waals surface area contributed by atoms with Gasteiger partial charge in [-0.3, -0.25) is 4.72 Å². The van der Waals surface area contributed by atoms with Crippen molar-refractivity contribution in [3.05, 3.63) is 53.6 Å². The van der Waals surface area contributed by atoms with Crippen LogP contribution in [0.4, 0.5) is 5.69 Å². The predicted octanol–water partition coefficient (Wildman–Crippen LogP) is 3.70. The first-order valence-corrected chi connectivity index (χ1v) is 8.89. The Morgan fingerprint density at radius 2 is 1.81 bits per heavy atom. The molecule has 0 saturated heterocycles. The Balaban J connectivity index is 2.28. The van der Waals surface area contributed by atoms with Crippen LogP contribution in [0.15, 0.2) is 47.4 Å². The van der Waals surface area contributed by atoms with Gasteiger partial charge in [-0.15, -0.1) is 0 Å². The van der Waals surface area contributed by atoms with Crippen molar-refractivity contribution in [2.75, 3.05) is 11.8 Å². The number of nitrogens with one attached hydrogen (secondary N) is 1. The molecule has 21 heavy (non-hydrogen) atoms. The van der Waals surface area contributed by atoms with E-state index in [4.69, 9.17) is 4.74 Å². The van der Waals surface area contributed by atoms with Crippen LogP contribution in [0.5, 0.6) is 5.75 Å². The third kappa shape index (κ3) is 3.77. The fourth-order valence-electron chi connectivity index (χ4n) is 1.84. The SMILES string of the molecule is COc1ccc(NS(=O)(=O)c2ccc(CBr)cc2)c(C)c1. The number of sulfonamides is 1. The largest absolute Gasteiger partial charge is 0.497 e. The van der Waals surface area contributed by atoms with Crippen LogP contribution in [0, 0.1) is 6.92 Å². The molecule has 0 aliphatic carbocycles. The Bertz CT molecular complexity index is 727. The third-order valence-electron chi connectivity index (χ3n) is 3.07. The van der Waals surface area contributed by atoms with E-state index in [1.54, 1.807) is 49.6 Å². The fourth-order valence-corrected chi connectivity index (χ4v) is 3.34. The number of halogens is 1. The quantitative estimate of drug-likeness (QED) is 0.817. The molecule has 4 nitrogen and oxygen atoms in total. The first kappa shape index (κ1) is 15.9. The molecule has 0 aliphatic rings. The van der Waals surface area contributed by atoms with E-state index in [2.05, 4.69) is 20.7 Å². The zero-order valence-electron chi connectivity index (χ0n) is 11.8. The lowest BCUT2D eigenvalue weighted by Gasteiger charge is -2.12. The number of benzene rings is 2. The number of aryl methyl sites for hydroxylation is 1. The van der Waals surface area contributed by atoms with Gasteiger partial charge in [-0.25, -0.2) is 8.42 Å². The molecule has 0 atom stereocenters. The molecule has 112 valence electrons. The Morgan fingerprint density at radius 3 is 2.33 bits per heavy atom. The van der Waals surface area contributed by atoms with Crippen LogP contribution in [-0.2, 0) is 15.4 Å². The first-order chi connectivity index (χ1) is 9.96. The number of anilines is 1. The summed E-state index contributed by atoms with van der Waals surface area (Å²) in [7, 11) is -2.01. The molecule has 1 N–H and O–H groups in total. The van der Waals surface area contributed by atoms with Gasteiger partial charge in [0.15, 0.2) is 0 Å². The van der Waals surface area contributed by atoms with Crippen molar-refractivity contribution in [2.45, 2.75) is 17.1 Å². The van der Waals surface area contributed by atoms with Gasteiger partial charge in [-0.2, -0.15) is 0 Å². The smallest absolute Gasteiger partial charge is 0.261 e. The summed E-state index contributed by atoms with van der Waals surface area (Å²) in [5, 5.41) is 0.693. The highest BCUT2D eigenvalue weighted by Crippen LogP contribution is 2.24. The summed E-state index contributed by atoms with van der Waals surface area (Å²) in [5.74, 6) is 0.692. The highest BCUT2D eigenvalue weighted by Gasteiger charge is 2.15. The summed E-state index contributed by atoms with van der Waals surface area (Å²) in [4.78, 5) is 0.238. The second kappa shape index (κ2) is 6.49. The molecule has 0 aliphatic heterocycles. The van der Waals surface area contributed by atoms with Gasteiger partial charge in [0.1, 0.15) is 5.75 Å². The van der Waals surface area contributed by atoms with Crippen LogP contribution >= 0.6 is 15.9 Å². The van der Waals surface area contributed by atoms with Gasteiger partial charge in [0.05, 0.1) is 17.7 Å². The summed E-state index contributed by atoms with van der Waals surface area (Å²) >= 11 is 3.33. The predicted molar refractivity (Wildman–Crippen MR) is 87.6 cm³/mol. The van der Waals surface area contributed by atoms with Crippen LogP contribution in [0.1, 0.15) is 11.1 Å². The highest BCUT2D eigenvalue weighted by molar-refractivity contribution is 9.08. The minimum atomic E-state index is -3.59. The number of hydrogen-bond donors (Lipinski definition) is 1. The van der Waals surface area contributed by atoms with Gasteiger partial charge in [0, 0.05) is 5.33 Å². The number of methoxy groups -OCH3 is 1. The molecule has 0 bridgehead atoms. The van der Waals surface area contributed by atoms with Crippen molar-refractivity contribution in [3.8, 4) is 5.75 Å². The number of hydrogen-bond acceptors (Lipinski definition) is 3. The maximum atomic E-state index is 12.4. The zero-order chi connectivity index (χ0) is 15.5. The average Bonchev–Trinajstić information content (AvgIpc) is 2.49. The van der Waals surface area contributed by atoms with Crippen LogP contribution < -0.4 is 9.46 Å². The summed E-state index contributed by atoms with van der Waals surface area (Å²) < 4.78 is 32.4. The standard InChI is InChI=1S/C15H16BrNO3S/c1-11-9-13(20-2)5-8-15(11)17-21(18,19)14-6-3-12(10-16)4-7-14/h3-9,17H,10H2,1-2H3. The van der Waals surface area contributed by atoms with E-state index in [-0.39, 0.29) is 4.90 Å². The van der Waals surface area contributed by atoms with Crippen molar-refractivity contribution < 1.29 is 13.2 Å². The molecular weight excluding hydrogens is 354 g/mol. The van der Waals surface area contributed by atoms with Gasteiger partial charge < -0.3 is 4.74 Å². The zero-order valence-corrected chi connectivity index (χ0v) is 14.2. The van der Waals surface area contributed by atoms with Crippen LogP contribution in [0.3, 0.4) is 0 Å². The lowest BCUT2D eigenvalue weighted by Crippen LogP contribution is -2.13. The topological polar surface area (TPSA) is 55.4 Å². The summed E-state index contributed by atoms with van der Waals surface area (Å²) in [6.07, 6.45) is 0. The van der Waals surface area contributed by atoms with E-state index >= 15 is 0 Å². The van der Waals surface area contributed by atoms with Crippen molar-refractivity contribution in [1.82, 2.24) is 0 Å². The molecule has 0 amide bonds. The highest BCUT2D eigenvalue weighted by atomic mass is 79.9. The summed E-state index contributed by atoms with van der Waals surface area (Å²) in [5.41, 5.74) is 2.37. The molecule has 2 rings (SSSR count). The minimum Gasteiger partial charge on any atom is -0.497 e. The Morgan fingerprint density at radius 1 is 1.14 bits per heavy atom. The maximum absolute atomic E-state index is 12.4. The van der Waals surface area contributed by atoms with Crippen LogP contribution in [0.25, 0.3) is 0 Å². The van der Waals surface area contributed by atoms with E-state index in [0.717, 1.165) is 11.1 Å². The molecule has 2 aromatic rings. The lowest BCUT2D eigenvalue weighted by atomic mass is 10.2. The molecule has 0 spiro atoms. The molecule has 0 heterocycles. The molecule has 0 fully saturated rings. The second-order valence-electron chi connectivity index (χ2n) is 4.56. The van der Waals surface area contributed by atoms with Crippen molar-refractivity contribution in [2.24, 2.45) is 0 Å². The monoisotopic (exact) mass is 369 g/mol. The lowest BCUT2D eigenvalue weighted by molar-refractivity contribution is 0.414. The number of rotatable bonds is 5. The fraction of sp³-hybridized carbons (Fsp3) is 0.200. The van der Waals surface area contributed by atoms with Gasteiger partial charge in [0.25, 0.3) is 10.0 Å². The van der Waals surface area contributed by atoms with Gasteiger partial charge >= 0.3 is 0 Å². The molecular formula is C15H16BrNO3S. The average molecular weight is 370 g/mol. The normalized spacial score (nSPS) is 11.2. The summed E-state index contributed by atoms with van der Waals surface area (Å²) in [6, 6.07) is 12.0. The van der Waals surface area contributed by atoms with E-state index in [9.17, 15) is 8.42 Å². The summed E-state index contributed by atoms with van der Waals surface area (Å²) in [6.45, 7) is 1.83. The maximum Gasteiger partial charge on any atom is 0.261 e. The molecule has 0 radical (unpaired) electrons. The van der Waals surface area contributed by atoms with Gasteiger partial charge in [0.2, 0.25) is 0 Å². The Labute approximate surface area is 133 Å². The third-order valence-corrected chi connectivity index (χ3v) is 5.09. The van der Waals surface area contributed by atoms with E-state index in [1.807, 2.05) is 6.92 Å². The molecule has 0 saturated carbocycles. The van der Waals surface area contributed by atoms with Crippen molar-refractivity contribution in [3.63, 3.8) is 0 Å². The number of ether oxygens (including phenoxy) is 1. The molecule has 0 unspecified atom stereocenters. The minimum absolute atomic E-state index is 0.238. The molecule has 6 heteroatoms. The Kier molecular flexibility index (Phi) is 4.90. The number of alkyl halides is 1. The second-order valence-corrected chi connectivity index (χ2v) is 6.81. The van der Waals surface area contributed by atoms with Crippen molar-refractivity contribution >= 4 is 31.6 Å². The van der Waals surface area contributed by atoms with Crippen molar-refractivity contribution in [1.29, 1.82) is 0 Å². The van der Waals surface area contributed by atoms with E-state index < -0.39 is 10.0 Å². The first-order valence-electron chi connectivity index (χ1n) is 6.28. The van der Waals surface area contributed by atoms with Crippen LogP contribution in [0.2, 0.25) is 0 Å².